The van der Waals surface area contributed by atoms with Gasteiger partial charge in [0.2, 0.25) is 0 Å². The molecule has 0 radical (unpaired) electrons. The first kappa shape index (κ1) is 25.9. The van der Waals surface area contributed by atoms with Crippen LogP contribution in [0.1, 0.15) is 98.8 Å². The lowest BCUT2D eigenvalue weighted by molar-refractivity contribution is -0.218. The highest BCUT2D eigenvalue weighted by atomic mass is 32.2. The SMILES string of the molecule is CC1(C)C(OS(=O)(=O)C(F)(F)F)=CCC2(C)C1CCC1(C)C2CCC2C3CCCC3(N)CC[C@]21C. The van der Waals surface area contributed by atoms with Crippen molar-refractivity contribution < 1.29 is 25.8 Å². The summed E-state index contributed by atoms with van der Waals surface area (Å²) in [5, 5.41) is 0. The molecule has 4 fully saturated rings. The van der Waals surface area contributed by atoms with Crippen molar-refractivity contribution in [2.24, 2.45) is 51.1 Å². The molecule has 0 aromatic heterocycles. The predicted molar refractivity (Wildman–Crippen MR) is 129 cm³/mol. The molecule has 0 aromatic carbocycles. The fourth-order valence-electron chi connectivity index (χ4n) is 10.5. The lowest BCUT2D eigenvalue weighted by atomic mass is 9.33. The molecule has 0 saturated heterocycles. The Hall–Kier alpha value is -0.760. The number of nitrogens with two attached hydrogens (primary N) is 1. The first-order valence-corrected chi connectivity index (χ1v) is 14.8. The van der Waals surface area contributed by atoms with Gasteiger partial charge in [-0.2, -0.15) is 21.6 Å². The largest absolute Gasteiger partial charge is 0.534 e. The van der Waals surface area contributed by atoms with Crippen LogP contribution in [0.5, 0.6) is 0 Å². The van der Waals surface area contributed by atoms with Crippen LogP contribution in [0.4, 0.5) is 13.2 Å². The van der Waals surface area contributed by atoms with E-state index >= 15 is 0 Å². The summed E-state index contributed by atoms with van der Waals surface area (Å²) in [6, 6.07) is 0. The van der Waals surface area contributed by atoms with Crippen LogP contribution >= 0.6 is 0 Å². The summed E-state index contributed by atoms with van der Waals surface area (Å²) in [4.78, 5) is 0. The molecular formula is C27H42F3NO3S. The predicted octanol–water partition coefficient (Wildman–Crippen LogP) is 6.91. The molecule has 5 aliphatic carbocycles. The van der Waals surface area contributed by atoms with Crippen LogP contribution in [-0.4, -0.2) is 19.5 Å². The van der Waals surface area contributed by atoms with Crippen LogP contribution in [0.15, 0.2) is 11.8 Å². The Morgan fingerprint density at radius 2 is 1.57 bits per heavy atom. The molecule has 2 N–H and O–H groups in total. The molecule has 4 saturated carbocycles. The summed E-state index contributed by atoms with van der Waals surface area (Å²) in [7, 11) is -5.68. The van der Waals surface area contributed by atoms with Gasteiger partial charge in [-0.15, -0.1) is 0 Å². The van der Waals surface area contributed by atoms with Gasteiger partial charge in [0, 0.05) is 11.0 Å². The second-order valence-electron chi connectivity index (χ2n) is 13.9. The van der Waals surface area contributed by atoms with Crippen molar-refractivity contribution in [3.8, 4) is 0 Å². The number of hydrogen-bond donors (Lipinski definition) is 1. The summed E-state index contributed by atoms with van der Waals surface area (Å²) in [6.07, 6.45) is 12.2. The zero-order chi connectivity index (χ0) is 25.9. The summed E-state index contributed by atoms with van der Waals surface area (Å²) in [6.45, 7) is 11.0. The van der Waals surface area contributed by atoms with Crippen LogP contribution in [0.3, 0.4) is 0 Å². The third kappa shape index (κ3) is 3.29. The third-order valence-corrected chi connectivity index (χ3v) is 13.4. The van der Waals surface area contributed by atoms with E-state index in [9.17, 15) is 21.6 Å². The van der Waals surface area contributed by atoms with Crippen molar-refractivity contribution in [3.63, 3.8) is 0 Å². The molecule has 0 spiro atoms. The maximum atomic E-state index is 13.1. The first-order chi connectivity index (χ1) is 15.9. The second-order valence-corrected chi connectivity index (χ2v) is 15.4. The molecule has 5 aliphatic rings. The van der Waals surface area contributed by atoms with E-state index in [1.807, 2.05) is 13.8 Å². The van der Waals surface area contributed by atoms with Crippen molar-refractivity contribution in [2.75, 3.05) is 0 Å². The smallest absolute Gasteiger partial charge is 0.380 e. The molecule has 35 heavy (non-hydrogen) atoms. The van der Waals surface area contributed by atoms with Crippen molar-refractivity contribution in [3.05, 3.63) is 11.8 Å². The van der Waals surface area contributed by atoms with E-state index in [-0.39, 0.29) is 33.5 Å². The highest BCUT2D eigenvalue weighted by Crippen LogP contribution is 2.75. The molecule has 0 aliphatic heterocycles. The van der Waals surface area contributed by atoms with Crippen molar-refractivity contribution in [1.29, 1.82) is 0 Å². The summed E-state index contributed by atoms with van der Waals surface area (Å²) >= 11 is 0. The van der Waals surface area contributed by atoms with Crippen LogP contribution in [0.25, 0.3) is 0 Å². The fraction of sp³-hybridized carbons (Fsp3) is 0.926. The number of hydrogen-bond acceptors (Lipinski definition) is 4. The summed E-state index contributed by atoms with van der Waals surface area (Å²) in [5.41, 5.74) is 0.942. The van der Waals surface area contributed by atoms with Gasteiger partial charge in [0.15, 0.2) is 0 Å². The topological polar surface area (TPSA) is 69.4 Å². The van der Waals surface area contributed by atoms with Crippen molar-refractivity contribution in [2.45, 2.75) is 110 Å². The Morgan fingerprint density at radius 3 is 2.23 bits per heavy atom. The van der Waals surface area contributed by atoms with E-state index in [1.54, 1.807) is 6.08 Å². The van der Waals surface area contributed by atoms with Crippen LogP contribution in [0.2, 0.25) is 0 Å². The normalized spacial score (nSPS) is 49.2. The van der Waals surface area contributed by atoms with Crippen molar-refractivity contribution >= 4 is 10.1 Å². The quantitative estimate of drug-likeness (QED) is 0.319. The average Bonchev–Trinajstić information content (AvgIpc) is 3.12. The number of rotatable bonds is 2. The summed E-state index contributed by atoms with van der Waals surface area (Å²) < 4.78 is 67.7. The van der Waals surface area contributed by atoms with E-state index in [2.05, 4.69) is 20.8 Å². The molecular weight excluding hydrogens is 475 g/mol. The van der Waals surface area contributed by atoms with Gasteiger partial charge in [-0.05, 0) is 104 Å². The monoisotopic (exact) mass is 517 g/mol. The number of fused-ring (bicyclic) bond motifs is 7. The van der Waals surface area contributed by atoms with Crippen LogP contribution < -0.4 is 5.73 Å². The van der Waals surface area contributed by atoms with Gasteiger partial charge in [0.1, 0.15) is 5.76 Å². The van der Waals surface area contributed by atoms with Crippen LogP contribution in [0, 0.1) is 45.3 Å². The van der Waals surface area contributed by atoms with Gasteiger partial charge in [-0.1, -0.05) is 41.0 Å². The van der Waals surface area contributed by atoms with Gasteiger partial charge in [-0.3, -0.25) is 0 Å². The zero-order valence-corrected chi connectivity index (χ0v) is 22.6. The molecule has 0 bridgehead atoms. The Labute approximate surface area is 208 Å². The molecule has 4 nitrogen and oxygen atoms in total. The molecule has 0 heterocycles. The molecule has 8 heteroatoms. The minimum absolute atomic E-state index is 0.000258. The molecule has 5 rings (SSSR count). The third-order valence-electron chi connectivity index (χ3n) is 12.4. The second kappa shape index (κ2) is 7.42. The number of alkyl halides is 3. The van der Waals surface area contributed by atoms with E-state index in [4.69, 9.17) is 9.92 Å². The van der Waals surface area contributed by atoms with E-state index in [0.29, 0.717) is 24.2 Å². The molecule has 7 unspecified atom stereocenters. The average molecular weight is 518 g/mol. The first-order valence-electron chi connectivity index (χ1n) is 13.4. The molecule has 0 amide bonds. The Morgan fingerprint density at radius 1 is 0.886 bits per heavy atom. The lowest BCUT2D eigenvalue weighted by Gasteiger charge is -2.71. The number of allylic oxidation sites excluding steroid dienone is 2. The van der Waals surface area contributed by atoms with E-state index in [1.165, 1.54) is 19.3 Å². The Bertz CT molecular complexity index is 1040. The van der Waals surface area contributed by atoms with E-state index in [0.717, 1.165) is 38.5 Å². The molecule has 200 valence electrons. The Kier molecular flexibility index (Phi) is 5.48. The van der Waals surface area contributed by atoms with Crippen LogP contribution in [-0.2, 0) is 14.3 Å². The van der Waals surface area contributed by atoms with Gasteiger partial charge in [0.05, 0.1) is 0 Å². The van der Waals surface area contributed by atoms with Gasteiger partial charge in [-0.25, -0.2) is 0 Å². The summed E-state index contributed by atoms with van der Waals surface area (Å²) in [5.74, 6) is 1.67. The zero-order valence-electron chi connectivity index (χ0n) is 21.8. The maximum Gasteiger partial charge on any atom is 0.534 e. The molecule has 0 aromatic rings. The van der Waals surface area contributed by atoms with Gasteiger partial charge < -0.3 is 9.92 Å². The minimum Gasteiger partial charge on any atom is -0.380 e. The standard InChI is InChI=1S/C27H42F3NO3S/c1-22(2)19-10-14-25(5)20(23(19,3)13-11-21(22)34-35(32,33)27(28,29)30)9-8-17-18-7-6-12-26(18,31)16-15-24(17,25)4/h11,17-20H,6-10,12-16,31H2,1-5H3/t17?,18?,19?,20?,23?,24-,25?,26?/m1/s1. The highest BCUT2D eigenvalue weighted by Gasteiger charge is 2.69. The molecule has 8 atom stereocenters. The Balaban J connectivity index is 1.49. The maximum absolute atomic E-state index is 13.1. The van der Waals surface area contributed by atoms with Crippen molar-refractivity contribution in [1.82, 2.24) is 0 Å². The lowest BCUT2D eigenvalue weighted by Crippen LogP contribution is -2.66. The van der Waals surface area contributed by atoms with E-state index < -0.39 is 21.0 Å². The minimum atomic E-state index is -5.68. The van der Waals surface area contributed by atoms with Gasteiger partial charge in [0.25, 0.3) is 0 Å². The fourth-order valence-corrected chi connectivity index (χ4v) is 11.1. The number of halogens is 3. The van der Waals surface area contributed by atoms with Gasteiger partial charge >= 0.3 is 15.6 Å². The highest BCUT2D eigenvalue weighted by molar-refractivity contribution is 7.87.